The SMILES string of the molecule is CC(C)C(=O)N[C@@H]1CN(CC(F)(F)F)C1=O. The molecular weight excluding hydrogens is 225 g/mol. The summed E-state index contributed by atoms with van der Waals surface area (Å²) in [5.74, 6) is -1.29. The third-order valence-corrected chi connectivity index (χ3v) is 2.22. The highest BCUT2D eigenvalue weighted by molar-refractivity contribution is 5.92. The first-order chi connectivity index (χ1) is 7.20. The molecule has 1 fully saturated rings. The predicted octanol–water partition coefficient (Wildman–Crippen LogP) is 0.532. The third-order valence-electron chi connectivity index (χ3n) is 2.22. The van der Waals surface area contributed by atoms with Gasteiger partial charge in [-0.2, -0.15) is 13.2 Å². The molecule has 1 atom stereocenters. The Kier molecular flexibility index (Phi) is 3.44. The lowest BCUT2D eigenvalue weighted by Gasteiger charge is -2.39. The van der Waals surface area contributed by atoms with Crippen molar-refractivity contribution in [2.45, 2.75) is 26.1 Å². The van der Waals surface area contributed by atoms with E-state index in [-0.39, 0.29) is 18.4 Å². The molecule has 1 heterocycles. The molecule has 0 aromatic rings. The van der Waals surface area contributed by atoms with Crippen LogP contribution < -0.4 is 5.32 Å². The van der Waals surface area contributed by atoms with Gasteiger partial charge >= 0.3 is 6.18 Å². The van der Waals surface area contributed by atoms with Crippen LogP contribution in [0.4, 0.5) is 13.2 Å². The summed E-state index contributed by atoms with van der Waals surface area (Å²) in [4.78, 5) is 23.1. The summed E-state index contributed by atoms with van der Waals surface area (Å²) < 4.78 is 35.8. The highest BCUT2D eigenvalue weighted by Gasteiger charge is 2.43. The number of amides is 2. The van der Waals surface area contributed by atoms with E-state index in [4.69, 9.17) is 0 Å². The Morgan fingerprint density at radius 1 is 1.56 bits per heavy atom. The molecule has 0 aromatic heterocycles. The number of nitrogens with zero attached hydrogens (tertiary/aromatic N) is 1. The summed E-state index contributed by atoms with van der Waals surface area (Å²) in [5.41, 5.74) is 0. The van der Waals surface area contributed by atoms with E-state index >= 15 is 0 Å². The average molecular weight is 238 g/mol. The minimum Gasteiger partial charge on any atom is -0.342 e. The molecule has 0 aliphatic carbocycles. The first kappa shape index (κ1) is 12.8. The molecule has 4 nitrogen and oxygen atoms in total. The maximum Gasteiger partial charge on any atom is 0.406 e. The van der Waals surface area contributed by atoms with Gasteiger partial charge in [0.25, 0.3) is 0 Å². The molecule has 0 unspecified atom stereocenters. The van der Waals surface area contributed by atoms with Gasteiger partial charge in [0.2, 0.25) is 11.8 Å². The highest BCUT2D eigenvalue weighted by atomic mass is 19.4. The van der Waals surface area contributed by atoms with Crippen LogP contribution in [0.25, 0.3) is 0 Å². The average Bonchev–Trinajstić information content (AvgIpc) is 2.13. The first-order valence-corrected chi connectivity index (χ1v) is 4.86. The molecule has 1 rings (SSSR count). The van der Waals surface area contributed by atoms with Gasteiger partial charge in [0.1, 0.15) is 12.6 Å². The van der Waals surface area contributed by atoms with E-state index in [1.807, 2.05) is 0 Å². The van der Waals surface area contributed by atoms with Crippen molar-refractivity contribution in [3.63, 3.8) is 0 Å². The maximum atomic E-state index is 11.9. The van der Waals surface area contributed by atoms with Gasteiger partial charge in [0.15, 0.2) is 0 Å². The van der Waals surface area contributed by atoms with E-state index in [1.165, 1.54) is 0 Å². The predicted molar refractivity (Wildman–Crippen MR) is 49.4 cm³/mol. The molecule has 0 radical (unpaired) electrons. The molecule has 0 aromatic carbocycles. The van der Waals surface area contributed by atoms with Crippen LogP contribution in [0.5, 0.6) is 0 Å². The molecule has 0 spiro atoms. The number of likely N-dealkylation sites (tertiary alicyclic amines) is 1. The molecule has 16 heavy (non-hydrogen) atoms. The minimum atomic E-state index is -4.39. The van der Waals surface area contributed by atoms with Crippen molar-refractivity contribution < 1.29 is 22.8 Å². The van der Waals surface area contributed by atoms with Crippen molar-refractivity contribution in [2.75, 3.05) is 13.1 Å². The third kappa shape index (κ3) is 3.11. The molecule has 1 aliphatic heterocycles. The van der Waals surface area contributed by atoms with E-state index in [2.05, 4.69) is 5.32 Å². The Bertz CT molecular complexity index is 302. The second kappa shape index (κ2) is 4.31. The van der Waals surface area contributed by atoms with Crippen LogP contribution in [0.3, 0.4) is 0 Å². The lowest BCUT2D eigenvalue weighted by Crippen LogP contribution is -2.65. The topological polar surface area (TPSA) is 49.4 Å². The summed E-state index contributed by atoms with van der Waals surface area (Å²) >= 11 is 0. The Morgan fingerprint density at radius 2 is 2.12 bits per heavy atom. The molecule has 0 bridgehead atoms. The zero-order chi connectivity index (χ0) is 12.5. The lowest BCUT2D eigenvalue weighted by molar-refractivity contribution is -0.174. The van der Waals surface area contributed by atoms with Crippen LogP contribution in [0, 0.1) is 5.92 Å². The number of halogens is 3. The highest BCUT2D eigenvalue weighted by Crippen LogP contribution is 2.21. The molecule has 2 amide bonds. The van der Waals surface area contributed by atoms with E-state index in [9.17, 15) is 22.8 Å². The van der Waals surface area contributed by atoms with Crippen LogP contribution in [-0.4, -0.2) is 42.0 Å². The quantitative estimate of drug-likeness (QED) is 0.729. The van der Waals surface area contributed by atoms with E-state index in [1.54, 1.807) is 13.8 Å². The summed E-state index contributed by atoms with van der Waals surface area (Å²) in [6, 6.07) is -0.794. The smallest absolute Gasteiger partial charge is 0.342 e. The number of hydrogen-bond donors (Lipinski definition) is 1. The van der Waals surface area contributed by atoms with Crippen LogP contribution in [0.1, 0.15) is 13.8 Å². The van der Waals surface area contributed by atoms with E-state index in [0.717, 1.165) is 0 Å². The van der Waals surface area contributed by atoms with Gasteiger partial charge in [-0.15, -0.1) is 0 Å². The normalized spacial score (nSPS) is 21.0. The molecule has 1 N–H and O–H groups in total. The lowest BCUT2D eigenvalue weighted by atomic mass is 10.1. The van der Waals surface area contributed by atoms with Gasteiger partial charge < -0.3 is 10.2 Å². The van der Waals surface area contributed by atoms with E-state index < -0.39 is 24.7 Å². The first-order valence-electron chi connectivity index (χ1n) is 4.86. The number of nitrogens with one attached hydrogen (secondary N) is 1. The Morgan fingerprint density at radius 3 is 2.50 bits per heavy atom. The molecule has 7 heteroatoms. The van der Waals surface area contributed by atoms with Gasteiger partial charge in [-0.05, 0) is 0 Å². The van der Waals surface area contributed by atoms with Crippen molar-refractivity contribution in [1.82, 2.24) is 10.2 Å². The fourth-order valence-electron chi connectivity index (χ4n) is 1.30. The van der Waals surface area contributed by atoms with Gasteiger partial charge in [-0.3, -0.25) is 9.59 Å². The molecule has 92 valence electrons. The molecule has 0 saturated carbocycles. The number of β-lactam (4-membered cyclic amide) rings is 1. The zero-order valence-corrected chi connectivity index (χ0v) is 8.97. The van der Waals surface area contributed by atoms with Crippen molar-refractivity contribution >= 4 is 11.8 Å². The van der Waals surface area contributed by atoms with Crippen molar-refractivity contribution in [1.29, 1.82) is 0 Å². The standard InChI is InChI=1S/C9H13F3N2O2/c1-5(2)7(15)13-6-3-14(8(6)16)4-9(10,11)12/h5-6H,3-4H2,1-2H3,(H,13,15)/t6-/m1/s1. The fraction of sp³-hybridized carbons (Fsp3) is 0.778. The largest absolute Gasteiger partial charge is 0.406 e. The van der Waals surface area contributed by atoms with Crippen molar-refractivity contribution in [2.24, 2.45) is 5.92 Å². The number of rotatable bonds is 3. The summed E-state index contributed by atoms with van der Waals surface area (Å²) in [5, 5.41) is 2.38. The summed E-state index contributed by atoms with van der Waals surface area (Å²) in [7, 11) is 0. The second-order valence-corrected chi connectivity index (χ2v) is 4.05. The minimum absolute atomic E-state index is 0.0726. The number of alkyl halides is 3. The van der Waals surface area contributed by atoms with Gasteiger partial charge in [-0.25, -0.2) is 0 Å². The Labute approximate surface area is 90.8 Å². The van der Waals surface area contributed by atoms with Gasteiger partial charge in [-0.1, -0.05) is 13.8 Å². The zero-order valence-electron chi connectivity index (χ0n) is 8.97. The molecular formula is C9H13F3N2O2. The second-order valence-electron chi connectivity index (χ2n) is 4.05. The van der Waals surface area contributed by atoms with Crippen LogP contribution in [0.15, 0.2) is 0 Å². The van der Waals surface area contributed by atoms with Crippen LogP contribution in [0.2, 0.25) is 0 Å². The van der Waals surface area contributed by atoms with Crippen molar-refractivity contribution in [3.8, 4) is 0 Å². The summed E-state index contributed by atoms with van der Waals surface area (Å²) in [6.45, 7) is 1.97. The monoisotopic (exact) mass is 238 g/mol. The number of carbonyl (C=O) groups is 2. The maximum absolute atomic E-state index is 11.9. The van der Waals surface area contributed by atoms with E-state index in [0.29, 0.717) is 4.90 Å². The van der Waals surface area contributed by atoms with Gasteiger partial charge in [0, 0.05) is 5.92 Å². The molecule has 1 aliphatic rings. The van der Waals surface area contributed by atoms with Crippen LogP contribution >= 0.6 is 0 Å². The molecule has 1 saturated heterocycles. The Hall–Kier alpha value is -1.27. The van der Waals surface area contributed by atoms with Crippen LogP contribution in [-0.2, 0) is 9.59 Å². The number of hydrogen-bond acceptors (Lipinski definition) is 2. The number of carbonyl (C=O) groups excluding carboxylic acids is 2. The Balaban J connectivity index is 2.38. The fourth-order valence-corrected chi connectivity index (χ4v) is 1.30. The van der Waals surface area contributed by atoms with Crippen molar-refractivity contribution in [3.05, 3.63) is 0 Å². The summed E-state index contributed by atoms with van der Waals surface area (Å²) in [6.07, 6.45) is -4.39. The van der Waals surface area contributed by atoms with Gasteiger partial charge in [0.05, 0.1) is 6.54 Å².